The Hall–Kier alpha value is -4.25. The van der Waals surface area contributed by atoms with Crippen LogP contribution >= 0.6 is 0 Å². The molecule has 184 valence electrons. The van der Waals surface area contributed by atoms with E-state index in [0.29, 0.717) is 36.1 Å². The molecule has 4 aromatic rings. The summed E-state index contributed by atoms with van der Waals surface area (Å²) >= 11 is 0. The van der Waals surface area contributed by atoms with Gasteiger partial charge in [-0.1, -0.05) is 18.2 Å². The SMILES string of the molecule is CC(=O)c1ccc(Cn2ncc(N)n2)o1.CC(C)OCCc1cccc(-c2ocnc2C(=O)O)c1. The van der Waals surface area contributed by atoms with Crippen LogP contribution in [0.5, 0.6) is 0 Å². The topological polar surface area (TPSA) is 160 Å². The van der Waals surface area contributed by atoms with Gasteiger partial charge in [0.2, 0.25) is 0 Å². The Balaban J connectivity index is 0.000000203. The van der Waals surface area contributed by atoms with Crippen molar-refractivity contribution < 1.29 is 28.3 Å². The lowest BCUT2D eigenvalue weighted by Crippen LogP contribution is -2.06. The summed E-state index contributed by atoms with van der Waals surface area (Å²) in [6.45, 7) is 6.43. The standard InChI is InChI=1S/C15H17NO4.C9H10N4O2/c1-10(2)19-7-6-11-4-3-5-12(8-11)14-13(15(17)18)16-9-20-14;1-6(14)8-3-2-7(15-8)5-13-11-4-9(10)12-13/h3-5,8-10H,6-7H2,1-2H3,(H,17,18);2-4H,5H2,1H3,(H2,10,12). The molecule has 0 aliphatic rings. The molecule has 35 heavy (non-hydrogen) atoms. The van der Waals surface area contributed by atoms with Gasteiger partial charge >= 0.3 is 5.97 Å². The fourth-order valence-electron chi connectivity index (χ4n) is 3.06. The number of aromatic carboxylic acids is 1. The number of carbonyl (C=O) groups is 2. The lowest BCUT2D eigenvalue weighted by molar-refractivity contribution is 0.0691. The molecular formula is C24H27N5O6. The number of Topliss-reactive ketones (excluding diaryl/α,β-unsaturated/α-hetero) is 1. The number of anilines is 1. The second-order valence-corrected chi connectivity index (χ2v) is 7.83. The van der Waals surface area contributed by atoms with Gasteiger partial charge in [-0.15, -0.1) is 5.10 Å². The molecule has 0 atom stereocenters. The van der Waals surface area contributed by atoms with E-state index in [4.69, 9.17) is 24.4 Å². The van der Waals surface area contributed by atoms with Crippen molar-refractivity contribution in [3.8, 4) is 11.3 Å². The maximum absolute atomic E-state index is 11.0. The van der Waals surface area contributed by atoms with Crippen molar-refractivity contribution in [3.05, 3.63) is 71.8 Å². The number of nitrogens with two attached hydrogens (primary N) is 1. The van der Waals surface area contributed by atoms with Crippen LogP contribution in [-0.4, -0.2) is 49.5 Å². The van der Waals surface area contributed by atoms with E-state index < -0.39 is 5.97 Å². The smallest absolute Gasteiger partial charge is 0.358 e. The number of furan rings is 1. The minimum atomic E-state index is -1.10. The monoisotopic (exact) mass is 481 g/mol. The molecule has 3 N–H and O–H groups in total. The number of oxazole rings is 1. The van der Waals surface area contributed by atoms with Crippen molar-refractivity contribution in [2.75, 3.05) is 12.3 Å². The minimum Gasteiger partial charge on any atom is -0.476 e. The van der Waals surface area contributed by atoms with Crippen molar-refractivity contribution in [1.29, 1.82) is 0 Å². The normalized spacial score (nSPS) is 10.7. The Labute approximate surface area is 201 Å². The van der Waals surface area contributed by atoms with E-state index in [9.17, 15) is 9.59 Å². The number of carboxylic acid groups (broad SMARTS) is 1. The molecule has 0 unspecified atom stereocenters. The molecule has 1 aromatic carbocycles. The van der Waals surface area contributed by atoms with Gasteiger partial charge in [-0.2, -0.15) is 9.90 Å². The van der Waals surface area contributed by atoms with E-state index in [-0.39, 0.29) is 23.3 Å². The zero-order valence-corrected chi connectivity index (χ0v) is 19.7. The van der Waals surface area contributed by atoms with E-state index >= 15 is 0 Å². The molecule has 0 aliphatic heterocycles. The number of benzene rings is 1. The molecule has 0 aliphatic carbocycles. The van der Waals surface area contributed by atoms with Gasteiger partial charge in [0.1, 0.15) is 12.3 Å². The van der Waals surface area contributed by atoms with Crippen LogP contribution in [0.4, 0.5) is 5.82 Å². The molecule has 11 heteroatoms. The van der Waals surface area contributed by atoms with Crippen LogP contribution in [0.2, 0.25) is 0 Å². The lowest BCUT2D eigenvalue weighted by Gasteiger charge is -2.08. The summed E-state index contributed by atoms with van der Waals surface area (Å²) < 4.78 is 16.0. The number of rotatable bonds is 9. The molecule has 0 amide bonds. The average Bonchev–Trinajstić information content (AvgIpc) is 3.55. The van der Waals surface area contributed by atoms with Crippen molar-refractivity contribution in [3.63, 3.8) is 0 Å². The fraction of sp³-hybridized carbons (Fsp3) is 0.292. The number of ketones is 1. The highest BCUT2D eigenvalue weighted by Crippen LogP contribution is 2.24. The number of nitrogens with zero attached hydrogens (tertiary/aromatic N) is 4. The first kappa shape index (κ1) is 25.4. The molecule has 3 aromatic heterocycles. The van der Waals surface area contributed by atoms with Crippen LogP contribution in [0.3, 0.4) is 0 Å². The molecule has 0 saturated carbocycles. The van der Waals surface area contributed by atoms with Crippen LogP contribution in [0, 0.1) is 0 Å². The number of aromatic nitrogens is 4. The number of carboxylic acids is 1. The van der Waals surface area contributed by atoms with Gasteiger partial charge in [0.05, 0.1) is 18.9 Å². The molecule has 3 heterocycles. The summed E-state index contributed by atoms with van der Waals surface area (Å²) in [6.07, 6.45) is 3.57. The third-order valence-electron chi connectivity index (χ3n) is 4.66. The number of carbonyl (C=O) groups excluding carboxylic acids is 1. The summed E-state index contributed by atoms with van der Waals surface area (Å²) in [6, 6.07) is 10.9. The highest BCUT2D eigenvalue weighted by molar-refractivity contribution is 5.92. The first-order chi connectivity index (χ1) is 16.7. The Kier molecular flexibility index (Phi) is 8.52. The summed E-state index contributed by atoms with van der Waals surface area (Å²) in [7, 11) is 0. The highest BCUT2D eigenvalue weighted by atomic mass is 16.5. The highest BCUT2D eigenvalue weighted by Gasteiger charge is 2.17. The van der Waals surface area contributed by atoms with Crippen LogP contribution < -0.4 is 5.73 Å². The first-order valence-electron chi connectivity index (χ1n) is 10.9. The van der Waals surface area contributed by atoms with Crippen molar-refractivity contribution >= 4 is 17.6 Å². The maximum atomic E-state index is 11.0. The predicted octanol–water partition coefficient (Wildman–Crippen LogP) is 3.71. The zero-order chi connectivity index (χ0) is 25.4. The molecular weight excluding hydrogens is 454 g/mol. The number of hydrogen-bond acceptors (Lipinski definition) is 9. The van der Waals surface area contributed by atoms with E-state index in [2.05, 4.69) is 15.2 Å². The third kappa shape index (κ3) is 7.37. The van der Waals surface area contributed by atoms with Crippen LogP contribution in [0.15, 0.2) is 57.8 Å². The summed E-state index contributed by atoms with van der Waals surface area (Å²) in [5.74, 6) is 0.398. The Morgan fingerprint density at radius 2 is 2.03 bits per heavy atom. The van der Waals surface area contributed by atoms with Gasteiger partial charge in [-0.3, -0.25) is 4.79 Å². The Morgan fingerprint density at radius 3 is 2.66 bits per heavy atom. The maximum Gasteiger partial charge on any atom is 0.358 e. The van der Waals surface area contributed by atoms with E-state index in [1.165, 1.54) is 17.9 Å². The Morgan fingerprint density at radius 1 is 1.23 bits per heavy atom. The average molecular weight is 482 g/mol. The summed E-state index contributed by atoms with van der Waals surface area (Å²) in [4.78, 5) is 27.1. The number of hydrogen-bond donors (Lipinski definition) is 2. The molecule has 0 bridgehead atoms. The molecule has 0 fully saturated rings. The van der Waals surface area contributed by atoms with Crippen LogP contribution in [0.25, 0.3) is 11.3 Å². The second kappa shape index (κ2) is 11.7. The molecule has 0 spiro atoms. The minimum absolute atomic E-state index is 0.0689. The lowest BCUT2D eigenvalue weighted by atomic mass is 10.1. The predicted molar refractivity (Wildman–Crippen MR) is 126 cm³/mol. The van der Waals surface area contributed by atoms with E-state index in [1.807, 2.05) is 32.0 Å². The zero-order valence-electron chi connectivity index (χ0n) is 19.7. The quantitative estimate of drug-likeness (QED) is 0.337. The van der Waals surface area contributed by atoms with Gasteiger partial charge in [0.25, 0.3) is 0 Å². The number of ether oxygens (including phenoxy) is 1. The summed E-state index contributed by atoms with van der Waals surface area (Å²) in [5.41, 5.74) is 7.11. The Bertz CT molecular complexity index is 1270. The molecule has 11 nitrogen and oxygen atoms in total. The van der Waals surface area contributed by atoms with Crippen molar-refractivity contribution in [2.24, 2.45) is 0 Å². The second-order valence-electron chi connectivity index (χ2n) is 7.83. The molecule has 0 saturated heterocycles. The summed E-state index contributed by atoms with van der Waals surface area (Å²) in [5, 5.41) is 16.8. The van der Waals surface area contributed by atoms with Gasteiger partial charge in [0.15, 0.2) is 35.2 Å². The van der Waals surface area contributed by atoms with Gasteiger partial charge < -0.3 is 24.4 Å². The molecule has 4 rings (SSSR count). The van der Waals surface area contributed by atoms with Crippen LogP contribution in [-0.2, 0) is 17.7 Å². The van der Waals surface area contributed by atoms with E-state index in [0.717, 1.165) is 18.4 Å². The van der Waals surface area contributed by atoms with Gasteiger partial charge in [0, 0.05) is 12.5 Å². The van der Waals surface area contributed by atoms with Gasteiger partial charge in [-0.05, 0) is 44.0 Å². The fourth-order valence-corrected chi connectivity index (χ4v) is 3.06. The third-order valence-corrected chi connectivity index (χ3v) is 4.66. The molecule has 0 radical (unpaired) electrons. The van der Waals surface area contributed by atoms with Crippen molar-refractivity contribution in [1.82, 2.24) is 20.0 Å². The number of nitrogen functional groups attached to an aromatic ring is 1. The van der Waals surface area contributed by atoms with Gasteiger partial charge in [-0.25, -0.2) is 9.78 Å². The van der Waals surface area contributed by atoms with Crippen LogP contribution in [0.1, 0.15) is 53.1 Å². The van der Waals surface area contributed by atoms with Crippen molar-refractivity contribution in [2.45, 2.75) is 39.8 Å². The first-order valence-corrected chi connectivity index (χ1v) is 10.9. The largest absolute Gasteiger partial charge is 0.476 e. The van der Waals surface area contributed by atoms with E-state index in [1.54, 1.807) is 18.2 Å².